The lowest BCUT2D eigenvalue weighted by atomic mass is 10.1. The minimum Gasteiger partial charge on any atom is -0.315 e. The molecular weight excluding hydrogens is 350 g/mol. The molecule has 4 nitrogen and oxygen atoms in total. The van der Waals surface area contributed by atoms with Crippen molar-refractivity contribution in [3.63, 3.8) is 0 Å². The number of hydrogen-bond acceptors (Lipinski definition) is 4. The van der Waals surface area contributed by atoms with Gasteiger partial charge in [-0.1, -0.05) is 0 Å². The molecule has 2 aliphatic rings. The number of hydrogen-bond donors (Lipinski definition) is 2. The summed E-state index contributed by atoms with van der Waals surface area (Å²) in [7, 11) is 0. The normalized spacial score (nSPS) is 21.4. The van der Waals surface area contributed by atoms with Gasteiger partial charge in [0.25, 0.3) is 0 Å². The van der Waals surface area contributed by atoms with E-state index in [4.69, 9.17) is 0 Å². The molecule has 1 fully saturated rings. The highest BCUT2D eigenvalue weighted by Crippen LogP contribution is 2.37. The summed E-state index contributed by atoms with van der Waals surface area (Å²) in [6.07, 6.45) is 3.38. The van der Waals surface area contributed by atoms with Gasteiger partial charge in [-0.25, -0.2) is 0 Å². The van der Waals surface area contributed by atoms with Crippen molar-refractivity contribution in [1.29, 1.82) is 0 Å². The Bertz CT molecular complexity index is 546. The van der Waals surface area contributed by atoms with Crippen molar-refractivity contribution >= 4 is 39.5 Å². The van der Waals surface area contributed by atoms with Crippen LogP contribution in [0.2, 0.25) is 0 Å². The second kappa shape index (κ2) is 6.69. The van der Waals surface area contributed by atoms with Gasteiger partial charge in [0.2, 0.25) is 5.91 Å². The molecule has 0 bridgehead atoms. The number of nitrogens with zero attached hydrogens (tertiary/aromatic N) is 1. The fraction of sp³-hybridized carbons (Fsp3) is 0.533. The smallest absolute Gasteiger partial charge is 0.223 e. The Balaban J connectivity index is 1.73. The number of benzene rings is 1. The number of nitrogens with one attached hydrogen (secondary N) is 2. The van der Waals surface area contributed by atoms with Crippen LogP contribution in [0.25, 0.3) is 0 Å². The quantitative estimate of drug-likeness (QED) is 0.804. The lowest BCUT2D eigenvalue weighted by Gasteiger charge is -2.23. The summed E-state index contributed by atoms with van der Waals surface area (Å²) < 4.78 is 4.64. The van der Waals surface area contributed by atoms with Gasteiger partial charge in [0, 0.05) is 41.1 Å². The summed E-state index contributed by atoms with van der Waals surface area (Å²) in [4.78, 5) is 14.7. The number of carbonyl (C=O) groups is 1. The Kier molecular flexibility index (Phi) is 4.88. The molecule has 114 valence electrons. The third-order valence-electron chi connectivity index (χ3n) is 4.04. The molecule has 1 saturated heterocycles. The minimum absolute atomic E-state index is 0.122. The van der Waals surface area contributed by atoms with E-state index in [0.29, 0.717) is 6.04 Å². The van der Waals surface area contributed by atoms with Crippen LogP contribution >= 0.6 is 27.9 Å². The molecule has 0 spiro atoms. The van der Waals surface area contributed by atoms with Crippen molar-refractivity contribution in [2.24, 2.45) is 0 Å². The van der Waals surface area contributed by atoms with E-state index >= 15 is 0 Å². The second-order valence-electron chi connectivity index (χ2n) is 5.60. The van der Waals surface area contributed by atoms with E-state index in [1.54, 1.807) is 18.9 Å². The Morgan fingerprint density at radius 2 is 2.38 bits per heavy atom. The van der Waals surface area contributed by atoms with Crippen molar-refractivity contribution in [2.75, 3.05) is 24.5 Å². The number of carbonyl (C=O) groups excluding carboxylic acids is 1. The molecule has 0 saturated carbocycles. The fourth-order valence-electron chi connectivity index (χ4n) is 2.89. The predicted molar refractivity (Wildman–Crippen MR) is 90.8 cm³/mol. The van der Waals surface area contributed by atoms with Gasteiger partial charge in [-0.3, -0.25) is 9.52 Å². The Labute approximate surface area is 138 Å². The van der Waals surface area contributed by atoms with E-state index in [2.05, 4.69) is 38.1 Å². The van der Waals surface area contributed by atoms with Gasteiger partial charge >= 0.3 is 0 Å². The number of fused-ring (bicyclic) bond motifs is 1. The van der Waals surface area contributed by atoms with Gasteiger partial charge < -0.3 is 10.2 Å². The van der Waals surface area contributed by atoms with Gasteiger partial charge in [0.1, 0.15) is 0 Å². The molecule has 1 aromatic carbocycles. The van der Waals surface area contributed by atoms with E-state index < -0.39 is 0 Å². The third-order valence-corrected chi connectivity index (χ3v) is 5.97. The summed E-state index contributed by atoms with van der Waals surface area (Å²) in [6.45, 7) is 4.58. The summed E-state index contributed by atoms with van der Waals surface area (Å²) >= 11 is 5.31. The standard InChI is InChI=1S/C15H20BrN3OS/c1-10(20)19-6-4-11-7-13(16)15(8-14(11)19)21-18-12-3-2-5-17-9-12/h7-8,12,17-18H,2-6,9H2,1H3. The molecule has 0 radical (unpaired) electrons. The summed E-state index contributed by atoms with van der Waals surface area (Å²) in [6, 6.07) is 4.79. The average Bonchev–Trinajstić information content (AvgIpc) is 2.88. The van der Waals surface area contributed by atoms with Crippen molar-refractivity contribution in [2.45, 2.75) is 37.1 Å². The van der Waals surface area contributed by atoms with Crippen LogP contribution in [0.4, 0.5) is 5.69 Å². The SMILES string of the molecule is CC(=O)N1CCc2cc(Br)c(SNC3CCCNC3)cc21. The van der Waals surface area contributed by atoms with Gasteiger partial charge in [-0.05, 0) is 71.4 Å². The molecule has 1 atom stereocenters. The van der Waals surface area contributed by atoms with Crippen molar-refractivity contribution < 1.29 is 4.79 Å². The molecule has 0 aliphatic carbocycles. The first-order valence-electron chi connectivity index (χ1n) is 7.39. The van der Waals surface area contributed by atoms with Crippen LogP contribution in [-0.4, -0.2) is 31.6 Å². The highest BCUT2D eigenvalue weighted by Gasteiger charge is 2.24. The number of halogens is 1. The van der Waals surface area contributed by atoms with E-state index in [9.17, 15) is 4.79 Å². The van der Waals surface area contributed by atoms with Crippen LogP contribution in [0.3, 0.4) is 0 Å². The zero-order chi connectivity index (χ0) is 14.8. The molecule has 2 heterocycles. The first-order valence-corrected chi connectivity index (χ1v) is 8.99. The van der Waals surface area contributed by atoms with Crippen LogP contribution in [0.15, 0.2) is 21.5 Å². The fourth-order valence-corrected chi connectivity index (χ4v) is 4.35. The van der Waals surface area contributed by atoms with Gasteiger partial charge in [0.05, 0.1) is 0 Å². The summed E-state index contributed by atoms with van der Waals surface area (Å²) in [5.41, 5.74) is 2.32. The Morgan fingerprint density at radius 1 is 1.52 bits per heavy atom. The Morgan fingerprint density at radius 3 is 3.10 bits per heavy atom. The zero-order valence-corrected chi connectivity index (χ0v) is 14.5. The number of rotatable bonds is 3. The monoisotopic (exact) mass is 369 g/mol. The zero-order valence-electron chi connectivity index (χ0n) is 12.1. The molecule has 0 aromatic heterocycles. The molecule has 2 N–H and O–H groups in total. The minimum atomic E-state index is 0.122. The summed E-state index contributed by atoms with van der Waals surface area (Å²) in [5.74, 6) is 0.122. The molecule has 6 heteroatoms. The van der Waals surface area contributed by atoms with Crippen LogP contribution in [0, 0.1) is 0 Å². The maximum absolute atomic E-state index is 11.7. The molecule has 21 heavy (non-hydrogen) atoms. The summed E-state index contributed by atoms with van der Waals surface area (Å²) in [5, 5.41) is 3.41. The van der Waals surface area contributed by atoms with Crippen LogP contribution in [0.1, 0.15) is 25.3 Å². The van der Waals surface area contributed by atoms with Crippen LogP contribution in [-0.2, 0) is 11.2 Å². The number of piperidine rings is 1. The van der Waals surface area contributed by atoms with Crippen LogP contribution < -0.4 is 14.9 Å². The topological polar surface area (TPSA) is 44.4 Å². The lowest BCUT2D eigenvalue weighted by molar-refractivity contribution is -0.116. The van der Waals surface area contributed by atoms with E-state index in [1.165, 1.54) is 18.4 Å². The first kappa shape index (κ1) is 15.3. The van der Waals surface area contributed by atoms with Crippen molar-refractivity contribution in [3.05, 3.63) is 22.2 Å². The highest BCUT2D eigenvalue weighted by atomic mass is 79.9. The van der Waals surface area contributed by atoms with E-state index in [-0.39, 0.29) is 5.91 Å². The van der Waals surface area contributed by atoms with Crippen molar-refractivity contribution in [3.8, 4) is 0 Å². The van der Waals surface area contributed by atoms with Crippen LogP contribution in [0.5, 0.6) is 0 Å². The van der Waals surface area contributed by atoms with Gasteiger partial charge in [0.15, 0.2) is 0 Å². The largest absolute Gasteiger partial charge is 0.315 e. The first-order chi connectivity index (χ1) is 10.1. The lowest BCUT2D eigenvalue weighted by Crippen LogP contribution is -2.40. The number of amides is 1. The molecule has 1 unspecified atom stereocenters. The molecule has 3 rings (SSSR count). The second-order valence-corrected chi connectivity index (χ2v) is 7.33. The van der Waals surface area contributed by atoms with Crippen molar-refractivity contribution in [1.82, 2.24) is 10.0 Å². The Hall–Kier alpha value is -0.560. The maximum Gasteiger partial charge on any atom is 0.223 e. The third kappa shape index (κ3) is 3.44. The van der Waals surface area contributed by atoms with E-state index in [1.807, 2.05) is 4.90 Å². The van der Waals surface area contributed by atoms with Gasteiger partial charge in [-0.2, -0.15) is 0 Å². The molecule has 2 aliphatic heterocycles. The van der Waals surface area contributed by atoms with E-state index in [0.717, 1.165) is 41.1 Å². The molecule has 1 amide bonds. The molecular formula is C15H20BrN3OS. The number of anilines is 1. The predicted octanol–water partition coefficient (Wildman–Crippen LogP) is 2.71. The average molecular weight is 370 g/mol. The van der Waals surface area contributed by atoms with Gasteiger partial charge in [-0.15, -0.1) is 0 Å². The molecule has 1 aromatic rings. The maximum atomic E-state index is 11.7. The highest BCUT2D eigenvalue weighted by molar-refractivity contribution is 9.10.